The summed E-state index contributed by atoms with van der Waals surface area (Å²) in [7, 11) is 1.50. The minimum Gasteiger partial charge on any atom is -0.457 e. The summed E-state index contributed by atoms with van der Waals surface area (Å²) in [5, 5.41) is 5.17. The van der Waals surface area contributed by atoms with Gasteiger partial charge < -0.3 is 25.0 Å². The molecule has 1 unspecified atom stereocenters. The summed E-state index contributed by atoms with van der Waals surface area (Å²) in [6.07, 6.45) is 3.53. The average Bonchev–Trinajstić information content (AvgIpc) is 3.47. The Morgan fingerprint density at radius 3 is 2.43 bits per heavy atom. The monoisotopic (exact) mass is 634 g/mol. The molecule has 1 heterocycles. The van der Waals surface area contributed by atoms with Gasteiger partial charge in [0.2, 0.25) is 11.5 Å². The molecule has 3 aliphatic rings. The van der Waals surface area contributed by atoms with Crippen molar-refractivity contribution in [2.75, 3.05) is 18.9 Å². The van der Waals surface area contributed by atoms with Crippen LogP contribution in [0.15, 0.2) is 54.1 Å². The number of nitrogens with zero attached hydrogens (tertiary/aromatic N) is 2. The molecule has 1 saturated carbocycles. The number of allylic oxidation sites excluding steroid dienone is 1. The Hall–Kier alpha value is -4.74. The van der Waals surface area contributed by atoms with Crippen LogP contribution in [-0.2, 0) is 42.4 Å². The Balaban J connectivity index is 1.32. The lowest BCUT2D eigenvalue weighted by molar-refractivity contribution is -0.148. The number of amides is 5. The maximum absolute atomic E-state index is 13.9. The Morgan fingerprint density at radius 1 is 1.09 bits per heavy atom. The maximum atomic E-state index is 13.9. The van der Waals surface area contributed by atoms with Gasteiger partial charge in [-0.05, 0) is 88.3 Å². The van der Waals surface area contributed by atoms with Gasteiger partial charge in [-0.3, -0.25) is 9.59 Å². The number of aryl methyl sites for hydroxylation is 1. The lowest BCUT2D eigenvalue weighted by atomic mass is 9.89. The van der Waals surface area contributed by atoms with E-state index in [9.17, 15) is 28.4 Å². The maximum Gasteiger partial charge on any atom is 0.418 e. The average molecular weight is 635 g/mol. The molecule has 46 heavy (non-hydrogen) atoms. The minimum atomic E-state index is -1.54. The third-order valence-corrected chi connectivity index (χ3v) is 8.49. The summed E-state index contributed by atoms with van der Waals surface area (Å²) in [6.45, 7) is 5.05. The number of rotatable bonds is 7. The molecule has 5 rings (SSSR count). The molecule has 11 nitrogen and oxygen atoms in total. The highest BCUT2D eigenvalue weighted by Gasteiger charge is 2.58. The molecule has 1 atom stereocenters. The van der Waals surface area contributed by atoms with Crippen molar-refractivity contribution in [3.05, 3.63) is 76.6 Å². The van der Waals surface area contributed by atoms with Crippen molar-refractivity contribution >= 4 is 35.6 Å². The summed E-state index contributed by atoms with van der Waals surface area (Å²) >= 11 is 0. The van der Waals surface area contributed by atoms with Crippen LogP contribution in [0.2, 0.25) is 0 Å². The number of ether oxygens (including phenoxy) is 2. The number of imide groups is 1. The van der Waals surface area contributed by atoms with Gasteiger partial charge in [0.05, 0.1) is 0 Å². The molecule has 0 bridgehead atoms. The molecule has 5 amide bonds. The summed E-state index contributed by atoms with van der Waals surface area (Å²) in [6, 6.07) is 10.2. The lowest BCUT2D eigenvalue weighted by Gasteiger charge is -2.36. The highest BCUT2D eigenvalue weighted by Crippen LogP contribution is 2.46. The molecular formula is C34H39FN4O7. The van der Waals surface area contributed by atoms with Gasteiger partial charge in [0, 0.05) is 43.4 Å². The van der Waals surface area contributed by atoms with E-state index >= 15 is 0 Å². The lowest BCUT2D eigenvalue weighted by Crippen LogP contribution is -2.48. The molecule has 1 spiro atoms. The fourth-order valence-corrected chi connectivity index (χ4v) is 6.29. The number of carbonyl (C=O) groups is 5. The second-order valence-electron chi connectivity index (χ2n) is 12.9. The third kappa shape index (κ3) is 7.05. The first kappa shape index (κ1) is 32.6. The fourth-order valence-electron chi connectivity index (χ4n) is 6.29. The standard InChI is InChI=1S/C34H39FN4O7/c1-33(2,3)45-29(41)17-21-7-12-26(13-8-21)38(19-22-5-9-24(35)10-6-22)28(40)20-39-30(42)34(46-32(39)44)16-15-23-18-25(11-14-27(23)34)37-31(43)36-4/h5-6,9-11,14,17-18,26H,7-8,12-13,15-16,19-20H2,1-4H3,(H2,36,37,43). The molecule has 2 N–H and O–H groups in total. The van der Waals surface area contributed by atoms with Gasteiger partial charge in [0.25, 0.3) is 5.91 Å². The van der Waals surface area contributed by atoms with Gasteiger partial charge in [-0.2, -0.15) is 0 Å². The zero-order valence-electron chi connectivity index (χ0n) is 26.5. The Morgan fingerprint density at radius 2 is 1.78 bits per heavy atom. The smallest absolute Gasteiger partial charge is 0.418 e. The van der Waals surface area contributed by atoms with Crippen molar-refractivity contribution in [2.45, 2.75) is 83.1 Å². The van der Waals surface area contributed by atoms with Crippen LogP contribution in [0.4, 0.5) is 19.7 Å². The number of carbonyl (C=O) groups excluding carboxylic acids is 5. The largest absolute Gasteiger partial charge is 0.457 e. The number of anilines is 1. The molecule has 0 radical (unpaired) electrons. The van der Waals surface area contributed by atoms with Gasteiger partial charge in [-0.25, -0.2) is 23.7 Å². The number of hydrogen-bond acceptors (Lipinski definition) is 7. The highest BCUT2D eigenvalue weighted by molar-refractivity contribution is 6.06. The number of hydrogen-bond donors (Lipinski definition) is 2. The van der Waals surface area contributed by atoms with Crippen LogP contribution < -0.4 is 10.6 Å². The molecule has 1 aliphatic heterocycles. The SMILES string of the molecule is CNC(=O)Nc1ccc2c(c1)CCC21OC(=O)N(CC(=O)N(Cc2ccc(F)cc2)C2CCC(=CC(=O)OC(C)(C)C)CC2)C1=O. The summed E-state index contributed by atoms with van der Waals surface area (Å²) in [4.78, 5) is 67.5. The number of nitrogens with one attached hydrogen (secondary N) is 2. The van der Waals surface area contributed by atoms with Crippen molar-refractivity contribution < 1.29 is 37.8 Å². The van der Waals surface area contributed by atoms with Gasteiger partial charge in [-0.15, -0.1) is 0 Å². The third-order valence-electron chi connectivity index (χ3n) is 8.49. The van der Waals surface area contributed by atoms with E-state index in [1.54, 1.807) is 56.0 Å². The topological polar surface area (TPSA) is 134 Å². The Kier molecular flexibility index (Phi) is 9.18. The van der Waals surface area contributed by atoms with Gasteiger partial charge in [-0.1, -0.05) is 23.8 Å². The molecule has 2 fully saturated rings. The Labute approximate surface area is 267 Å². The highest BCUT2D eigenvalue weighted by atomic mass is 19.1. The quantitative estimate of drug-likeness (QED) is 0.326. The predicted octanol–water partition coefficient (Wildman–Crippen LogP) is 4.94. The fraction of sp³-hybridized carbons (Fsp3) is 0.441. The van der Waals surface area contributed by atoms with Crippen molar-refractivity contribution in [1.82, 2.24) is 15.1 Å². The van der Waals surface area contributed by atoms with E-state index in [1.807, 2.05) is 0 Å². The molecular weight excluding hydrogens is 595 g/mol. The second-order valence-corrected chi connectivity index (χ2v) is 12.9. The van der Waals surface area contributed by atoms with Crippen LogP contribution in [0, 0.1) is 5.82 Å². The van der Waals surface area contributed by atoms with E-state index in [-0.39, 0.29) is 25.0 Å². The molecule has 12 heteroatoms. The molecule has 2 aromatic carbocycles. The van der Waals surface area contributed by atoms with Crippen molar-refractivity contribution in [1.29, 1.82) is 0 Å². The van der Waals surface area contributed by atoms with Gasteiger partial charge in [0.15, 0.2) is 0 Å². The molecule has 1 saturated heterocycles. The zero-order valence-corrected chi connectivity index (χ0v) is 26.5. The molecule has 0 aromatic heterocycles. The summed E-state index contributed by atoms with van der Waals surface area (Å²) in [5.41, 5.74) is 1.31. The second kappa shape index (κ2) is 12.9. The van der Waals surface area contributed by atoms with Crippen LogP contribution in [0.5, 0.6) is 0 Å². The summed E-state index contributed by atoms with van der Waals surface area (Å²) < 4.78 is 24.8. The number of halogens is 1. The first-order valence-corrected chi connectivity index (χ1v) is 15.4. The van der Waals surface area contributed by atoms with E-state index in [2.05, 4.69) is 10.6 Å². The van der Waals surface area contributed by atoms with E-state index in [0.717, 1.165) is 16.0 Å². The first-order chi connectivity index (χ1) is 21.8. The van der Waals surface area contributed by atoms with E-state index < -0.39 is 47.4 Å². The predicted molar refractivity (Wildman–Crippen MR) is 166 cm³/mol. The number of urea groups is 1. The van der Waals surface area contributed by atoms with E-state index in [1.165, 1.54) is 25.3 Å². The van der Waals surface area contributed by atoms with Crippen LogP contribution in [0.1, 0.15) is 69.6 Å². The normalized spacial score (nSPS) is 20.7. The number of esters is 1. The van der Waals surface area contributed by atoms with E-state index in [0.29, 0.717) is 48.9 Å². The molecule has 2 aromatic rings. The van der Waals surface area contributed by atoms with Crippen molar-refractivity contribution in [3.8, 4) is 0 Å². The summed E-state index contributed by atoms with van der Waals surface area (Å²) in [5.74, 6) is -1.86. The van der Waals surface area contributed by atoms with Gasteiger partial charge in [0.1, 0.15) is 18.0 Å². The van der Waals surface area contributed by atoms with Gasteiger partial charge >= 0.3 is 18.1 Å². The van der Waals surface area contributed by atoms with Crippen molar-refractivity contribution in [3.63, 3.8) is 0 Å². The Bertz CT molecular complexity index is 1570. The van der Waals surface area contributed by atoms with Crippen LogP contribution in [0.25, 0.3) is 0 Å². The van der Waals surface area contributed by atoms with Crippen LogP contribution in [0.3, 0.4) is 0 Å². The molecule has 2 aliphatic carbocycles. The number of fused-ring (bicyclic) bond motifs is 2. The minimum absolute atomic E-state index is 0.154. The van der Waals surface area contributed by atoms with Crippen LogP contribution >= 0.6 is 0 Å². The first-order valence-electron chi connectivity index (χ1n) is 15.4. The van der Waals surface area contributed by atoms with Crippen molar-refractivity contribution in [2.24, 2.45) is 0 Å². The van der Waals surface area contributed by atoms with E-state index in [4.69, 9.17) is 9.47 Å². The molecule has 244 valence electrons. The number of benzene rings is 2. The zero-order chi connectivity index (χ0) is 33.2. The van der Waals surface area contributed by atoms with Crippen LogP contribution in [-0.4, -0.2) is 64.9 Å².